The molecule has 33 heavy (non-hydrogen) atoms. The van der Waals surface area contributed by atoms with Crippen molar-refractivity contribution in [3.05, 3.63) is 59.7 Å². The second-order valence-corrected chi connectivity index (χ2v) is 11.9. The maximum atomic E-state index is 10.8. The van der Waals surface area contributed by atoms with E-state index in [1.54, 1.807) is 0 Å². The van der Waals surface area contributed by atoms with Gasteiger partial charge in [-0.3, -0.25) is 9.11 Å². The SMILES string of the molecule is Cc1ccc2nc(N3CCS(O)(O)c4ccccc4C3)cc(NCC3(N)CCCCC3)c2c1. The Hall–Kier alpha value is -2.32. The molecule has 1 aliphatic heterocycles. The van der Waals surface area contributed by atoms with Crippen LogP contribution in [0.25, 0.3) is 10.9 Å². The molecule has 0 bridgehead atoms. The van der Waals surface area contributed by atoms with E-state index in [-0.39, 0.29) is 5.54 Å². The van der Waals surface area contributed by atoms with Crippen LogP contribution in [0.5, 0.6) is 0 Å². The number of anilines is 2. The highest BCUT2D eigenvalue weighted by Crippen LogP contribution is 2.51. The van der Waals surface area contributed by atoms with E-state index in [1.807, 2.05) is 24.3 Å². The van der Waals surface area contributed by atoms with Crippen LogP contribution in [0.15, 0.2) is 53.4 Å². The van der Waals surface area contributed by atoms with Gasteiger partial charge < -0.3 is 16.0 Å². The third-order valence-electron chi connectivity index (χ3n) is 7.09. The summed E-state index contributed by atoms with van der Waals surface area (Å²) in [4.78, 5) is 7.79. The number of fused-ring (bicyclic) bond motifs is 2. The Morgan fingerprint density at radius 1 is 1.09 bits per heavy atom. The number of nitrogens with two attached hydrogens (primary N) is 1. The van der Waals surface area contributed by atoms with Gasteiger partial charge >= 0.3 is 0 Å². The fraction of sp³-hybridized carbons (Fsp3) is 0.423. The van der Waals surface area contributed by atoms with E-state index in [1.165, 1.54) is 24.8 Å². The zero-order valence-electron chi connectivity index (χ0n) is 19.3. The maximum Gasteiger partial charge on any atom is 0.131 e. The first-order valence-corrected chi connectivity index (χ1v) is 13.6. The van der Waals surface area contributed by atoms with Gasteiger partial charge in [-0.15, -0.1) is 0 Å². The highest BCUT2D eigenvalue weighted by molar-refractivity contribution is 8.24. The Morgan fingerprint density at radius 2 is 1.88 bits per heavy atom. The molecule has 7 heteroatoms. The van der Waals surface area contributed by atoms with E-state index < -0.39 is 10.6 Å². The first-order valence-electron chi connectivity index (χ1n) is 11.9. The third kappa shape index (κ3) is 4.68. The maximum absolute atomic E-state index is 10.8. The predicted molar refractivity (Wildman–Crippen MR) is 138 cm³/mol. The summed E-state index contributed by atoms with van der Waals surface area (Å²) in [6.45, 7) is 3.96. The van der Waals surface area contributed by atoms with Crippen LogP contribution in [0.4, 0.5) is 11.5 Å². The quantitative estimate of drug-likeness (QED) is 0.391. The monoisotopic (exact) mass is 466 g/mol. The molecule has 1 aromatic heterocycles. The Morgan fingerprint density at radius 3 is 2.70 bits per heavy atom. The smallest absolute Gasteiger partial charge is 0.131 e. The van der Waals surface area contributed by atoms with Crippen LogP contribution in [0.3, 0.4) is 0 Å². The molecule has 0 saturated heterocycles. The van der Waals surface area contributed by atoms with Crippen molar-refractivity contribution in [3.8, 4) is 0 Å². The molecule has 5 rings (SSSR count). The van der Waals surface area contributed by atoms with Crippen LogP contribution in [0.1, 0.15) is 43.2 Å². The Bertz CT molecular complexity index is 1160. The summed E-state index contributed by atoms with van der Waals surface area (Å²) in [6.07, 6.45) is 5.76. The molecule has 5 N–H and O–H groups in total. The number of nitrogens with zero attached hydrogens (tertiary/aromatic N) is 2. The Kier molecular flexibility index (Phi) is 5.99. The van der Waals surface area contributed by atoms with Gasteiger partial charge in [0.05, 0.1) is 16.2 Å². The normalized spacial score (nSPS) is 20.7. The molecule has 2 heterocycles. The third-order valence-corrected chi connectivity index (χ3v) is 8.94. The largest absolute Gasteiger partial charge is 0.383 e. The van der Waals surface area contributed by atoms with Crippen LogP contribution < -0.4 is 16.0 Å². The topological polar surface area (TPSA) is 94.6 Å². The highest BCUT2D eigenvalue weighted by Gasteiger charge is 2.29. The molecule has 6 nitrogen and oxygen atoms in total. The molecule has 176 valence electrons. The van der Waals surface area contributed by atoms with E-state index in [0.717, 1.165) is 47.4 Å². The summed E-state index contributed by atoms with van der Waals surface area (Å²) in [5, 5.41) is 4.77. The molecule has 1 saturated carbocycles. The lowest BCUT2D eigenvalue weighted by Crippen LogP contribution is -2.47. The molecular weight excluding hydrogens is 432 g/mol. The average Bonchev–Trinajstić information content (AvgIpc) is 2.94. The molecular formula is C26H34N4O2S. The summed E-state index contributed by atoms with van der Waals surface area (Å²) >= 11 is 0. The van der Waals surface area contributed by atoms with Gasteiger partial charge in [0.2, 0.25) is 0 Å². The molecule has 0 atom stereocenters. The Balaban J connectivity index is 1.50. The Labute approximate surface area is 197 Å². The summed E-state index contributed by atoms with van der Waals surface area (Å²) in [6, 6.07) is 16.1. The van der Waals surface area contributed by atoms with Gasteiger partial charge in [-0.2, -0.15) is 10.6 Å². The molecule has 1 fully saturated rings. The van der Waals surface area contributed by atoms with Crippen molar-refractivity contribution < 1.29 is 9.11 Å². The number of benzene rings is 2. The highest BCUT2D eigenvalue weighted by atomic mass is 32.3. The number of hydrogen-bond acceptors (Lipinski definition) is 6. The van der Waals surface area contributed by atoms with Crippen molar-refractivity contribution in [3.63, 3.8) is 0 Å². The van der Waals surface area contributed by atoms with Crippen molar-refractivity contribution in [2.75, 3.05) is 29.1 Å². The van der Waals surface area contributed by atoms with Crippen LogP contribution >= 0.6 is 10.6 Å². The fourth-order valence-corrected chi connectivity index (χ4v) is 6.66. The number of nitrogens with one attached hydrogen (secondary N) is 1. The summed E-state index contributed by atoms with van der Waals surface area (Å²) < 4.78 is 21.5. The summed E-state index contributed by atoms with van der Waals surface area (Å²) in [5.74, 6) is 1.14. The molecule has 2 aromatic carbocycles. The van der Waals surface area contributed by atoms with Crippen molar-refractivity contribution in [2.24, 2.45) is 5.73 Å². The fourth-order valence-electron chi connectivity index (χ4n) is 5.12. The van der Waals surface area contributed by atoms with E-state index in [0.29, 0.717) is 23.7 Å². The van der Waals surface area contributed by atoms with Crippen molar-refractivity contribution in [2.45, 2.75) is 56.0 Å². The van der Waals surface area contributed by atoms with E-state index in [4.69, 9.17) is 10.7 Å². The molecule has 0 radical (unpaired) electrons. The number of rotatable bonds is 4. The van der Waals surface area contributed by atoms with Gasteiger partial charge in [-0.05, 0) is 43.5 Å². The standard InChI is InChI=1S/C26H34N4O2S/c1-19-9-10-22-21(15-19)23(28-18-26(27)11-5-2-6-12-26)16-25(29-22)30-13-14-33(31,32)24-8-4-3-7-20(24)17-30/h3-4,7-10,15-16,31-32H,2,5-6,11-14,17-18,27H2,1H3,(H,28,29). The minimum absolute atomic E-state index is 0.171. The average molecular weight is 467 g/mol. The number of hydrogen-bond donors (Lipinski definition) is 4. The van der Waals surface area contributed by atoms with Crippen LogP contribution in [-0.2, 0) is 6.54 Å². The second kappa shape index (κ2) is 8.80. The lowest BCUT2D eigenvalue weighted by Gasteiger charge is -2.34. The first-order chi connectivity index (χ1) is 15.8. The first kappa shape index (κ1) is 22.5. The van der Waals surface area contributed by atoms with E-state index in [9.17, 15) is 9.11 Å². The lowest BCUT2D eigenvalue weighted by molar-refractivity contribution is 0.311. The zero-order valence-corrected chi connectivity index (χ0v) is 20.1. The van der Waals surface area contributed by atoms with Crippen LogP contribution in [0.2, 0.25) is 0 Å². The molecule has 3 aromatic rings. The van der Waals surface area contributed by atoms with Crippen molar-refractivity contribution >= 4 is 33.0 Å². The number of aryl methyl sites for hydroxylation is 1. The van der Waals surface area contributed by atoms with Gasteiger partial charge in [0.25, 0.3) is 0 Å². The van der Waals surface area contributed by atoms with Gasteiger partial charge in [-0.1, -0.05) is 49.1 Å². The van der Waals surface area contributed by atoms with Crippen molar-refractivity contribution in [1.29, 1.82) is 0 Å². The molecule has 0 spiro atoms. The van der Waals surface area contributed by atoms with Crippen LogP contribution in [-0.4, -0.2) is 38.5 Å². The zero-order chi connectivity index (χ0) is 23.1. The minimum atomic E-state index is -2.81. The van der Waals surface area contributed by atoms with Gasteiger partial charge in [0.1, 0.15) is 5.82 Å². The van der Waals surface area contributed by atoms with Gasteiger partial charge in [0.15, 0.2) is 0 Å². The van der Waals surface area contributed by atoms with Gasteiger partial charge in [-0.25, -0.2) is 4.98 Å². The molecule has 1 aliphatic carbocycles. The van der Waals surface area contributed by atoms with Gasteiger partial charge in [0, 0.05) is 42.3 Å². The van der Waals surface area contributed by atoms with Crippen LogP contribution in [0, 0.1) is 6.92 Å². The minimum Gasteiger partial charge on any atom is -0.383 e. The summed E-state index contributed by atoms with van der Waals surface area (Å²) in [7, 11) is -2.81. The van der Waals surface area contributed by atoms with E-state index >= 15 is 0 Å². The second-order valence-electron chi connectivity index (χ2n) is 9.73. The summed E-state index contributed by atoms with van der Waals surface area (Å²) in [5.41, 5.74) is 10.7. The lowest BCUT2D eigenvalue weighted by atomic mass is 9.82. The number of pyridine rings is 1. The molecule has 0 amide bonds. The van der Waals surface area contributed by atoms with Crippen molar-refractivity contribution in [1.82, 2.24) is 4.98 Å². The number of aromatic nitrogens is 1. The van der Waals surface area contributed by atoms with E-state index in [2.05, 4.69) is 41.4 Å². The molecule has 0 unspecified atom stereocenters. The predicted octanol–water partition coefficient (Wildman–Crippen LogP) is 5.75. The molecule has 2 aliphatic rings.